The van der Waals surface area contributed by atoms with Crippen molar-refractivity contribution in [3.05, 3.63) is 90.8 Å². The Balaban J connectivity index is 1.29. The van der Waals surface area contributed by atoms with Gasteiger partial charge in [-0.1, -0.05) is 18.2 Å². The molecule has 0 saturated carbocycles. The molecule has 0 aliphatic heterocycles. The summed E-state index contributed by atoms with van der Waals surface area (Å²) in [7, 11) is 0. The molecule has 3 heterocycles. The number of rotatable bonds is 5. The lowest BCUT2D eigenvalue weighted by atomic mass is 10.0. The minimum Gasteiger partial charge on any atom is -0.348 e. The van der Waals surface area contributed by atoms with E-state index >= 15 is 0 Å². The standard InChI is InChI=1S/C26H26N6O/c1-26(2,3)31-14-11-20(17-31)25(33)27-16-24-29-22-10-7-19(15-23(22)30-24)18-5-8-21(9-6-18)32-13-4-12-28-32/h4-15,17H,16H2,1-3H3,(H,27,33)(H,29,30). The third-order valence-corrected chi connectivity index (χ3v) is 5.65. The smallest absolute Gasteiger partial charge is 0.253 e. The van der Waals surface area contributed by atoms with E-state index in [1.54, 1.807) is 6.20 Å². The van der Waals surface area contributed by atoms with Crippen LogP contribution >= 0.6 is 0 Å². The molecular formula is C26H26N6O. The topological polar surface area (TPSA) is 80.5 Å². The number of nitrogens with one attached hydrogen (secondary N) is 2. The van der Waals surface area contributed by atoms with Crippen molar-refractivity contribution in [2.24, 2.45) is 0 Å². The van der Waals surface area contributed by atoms with E-state index in [1.807, 2.05) is 58.2 Å². The van der Waals surface area contributed by atoms with E-state index in [1.165, 1.54) is 0 Å². The lowest BCUT2D eigenvalue weighted by molar-refractivity contribution is 0.0950. The Kier molecular flexibility index (Phi) is 5.09. The SMILES string of the molecule is CC(C)(C)n1ccc(C(=O)NCc2nc3ccc(-c4ccc(-n5cccn5)cc4)cc3[nH]2)c1. The second-order valence-electron chi connectivity index (χ2n) is 9.07. The first-order valence-electron chi connectivity index (χ1n) is 10.9. The van der Waals surface area contributed by atoms with E-state index in [2.05, 4.69) is 65.4 Å². The number of carbonyl (C=O) groups excluding carboxylic acids is 1. The highest BCUT2D eigenvalue weighted by Gasteiger charge is 2.15. The van der Waals surface area contributed by atoms with Crippen LogP contribution in [-0.2, 0) is 12.1 Å². The van der Waals surface area contributed by atoms with E-state index in [0.29, 0.717) is 12.1 Å². The van der Waals surface area contributed by atoms with Crippen LogP contribution in [0.2, 0.25) is 0 Å². The molecule has 0 aliphatic carbocycles. The molecule has 0 unspecified atom stereocenters. The minimum absolute atomic E-state index is 0.0611. The predicted molar refractivity (Wildman–Crippen MR) is 129 cm³/mol. The minimum atomic E-state index is -0.114. The lowest BCUT2D eigenvalue weighted by Crippen LogP contribution is -2.24. The number of carbonyl (C=O) groups is 1. The van der Waals surface area contributed by atoms with Crippen LogP contribution in [0, 0.1) is 0 Å². The second-order valence-corrected chi connectivity index (χ2v) is 9.07. The molecule has 7 nitrogen and oxygen atoms in total. The van der Waals surface area contributed by atoms with Crippen molar-refractivity contribution in [1.82, 2.24) is 29.6 Å². The molecule has 166 valence electrons. The van der Waals surface area contributed by atoms with Gasteiger partial charge in [0.15, 0.2) is 0 Å². The molecule has 3 aromatic heterocycles. The lowest BCUT2D eigenvalue weighted by Gasteiger charge is -2.20. The summed E-state index contributed by atoms with van der Waals surface area (Å²) < 4.78 is 3.87. The van der Waals surface area contributed by atoms with Crippen LogP contribution in [0.1, 0.15) is 37.0 Å². The van der Waals surface area contributed by atoms with Gasteiger partial charge in [-0.05, 0) is 68.3 Å². The zero-order valence-electron chi connectivity index (χ0n) is 18.9. The number of amides is 1. The number of imidazole rings is 1. The highest BCUT2D eigenvalue weighted by atomic mass is 16.1. The van der Waals surface area contributed by atoms with Gasteiger partial charge >= 0.3 is 0 Å². The van der Waals surface area contributed by atoms with Crippen LogP contribution in [0.4, 0.5) is 0 Å². The van der Waals surface area contributed by atoms with Crippen LogP contribution in [0.5, 0.6) is 0 Å². The third kappa shape index (κ3) is 4.30. The first kappa shape index (κ1) is 20.8. The third-order valence-electron chi connectivity index (χ3n) is 5.65. The van der Waals surface area contributed by atoms with Gasteiger partial charge in [-0.15, -0.1) is 0 Å². The summed E-state index contributed by atoms with van der Waals surface area (Å²) in [6, 6.07) is 18.1. The van der Waals surface area contributed by atoms with Gasteiger partial charge in [0.2, 0.25) is 0 Å². The van der Waals surface area contributed by atoms with E-state index < -0.39 is 0 Å². The number of aromatic nitrogens is 5. The molecule has 0 bridgehead atoms. The molecule has 0 atom stereocenters. The summed E-state index contributed by atoms with van der Waals surface area (Å²) in [5.41, 5.74) is 5.61. The van der Waals surface area contributed by atoms with Crippen molar-refractivity contribution >= 4 is 16.9 Å². The van der Waals surface area contributed by atoms with Crippen LogP contribution < -0.4 is 5.32 Å². The second kappa shape index (κ2) is 8.09. The molecule has 7 heteroatoms. The fourth-order valence-corrected chi connectivity index (χ4v) is 3.77. The Morgan fingerprint density at radius 1 is 1.03 bits per heavy atom. The maximum atomic E-state index is 12.6. The fourth-order valence-electron chi connectivity index (χ4n) is 3.77. The zero-order valence-corrected chi connectivity index (χ0v) is 18.9. The maximum Gasteiger partial charge on any atom is 0.253 e. The fraction of sp³-hybridized carbons (Fsp3) is 0.192. The number of aromatic amines is 1. The average Bonchev–Trinajstić information content (AvgIpc) is 3.57. The molecule has 0 aliphatic rings. The molecule has 0 spiro atoms. The molecule has 5 rings (SSSR count). The Morgan fingerprint density at radius 3 is 2.52 bits per heavy atom. The number of benzene rings is 2. The largest absolute Gasteiger partial charge is 0.348 e. The summed E-state index contributed by atoms with van der Waals surface area (Å²) in [4.78, 5) is 20.5. The Labute approximate surface area is 192 Å². The number of nitrogens with zero attached hydrogens (tertiary/aromatic N) is 4. The van der Waals surface area contributed by atoms with Gasteiger partial charge in [-0.2, -0.15) is 5.10 Å². The van der Waals surface area contributed by atoms with Crippen LogP contribution in [0.3, 0.4) is 0 Å². The van der Waals surface area contributed by atoms with Crippen LogP contribution in [0.15, 0.2) is 79.4 Å². The van der Waals surface area contributed by atoms with Crippen molar-refractivity contribution in [2.75, 3.05) is 0 Å². The first-order valence-corrected chi connectivity index (χ1v) is 10.9. The Bertz CT molecular complexity index is 1400. The van der Waals surface area contributed by atoms with Gasteiger partial charge in [0, 0.05) is 30.3 Å². The molecule has 5 aromatic rings. The van der Waals surface area contributed by atoms with Crippen molar-refractivity contribution in [2.45, 2.75) is 32.9 Å². The van der Waals surface area contributed by atoms with Gasteiger partial charge in [0.1, 0.15) is 5.82 Å². The van der Waals surface area contributed by atoms with Crippen molar-refractivity contribution in [3.8, 4) is 16.8 Å². The number of hydrogen-bond donors (Lipinski definition) is 2. The molecule has 33 heavy (non-hydrogen) atoms. The normalized spacial score (nSPS) is 11.7. The highest BCUT2D eigenvalue weighted by molar-refractivity contribution is 5.94. The average molecular weight is 439 g/mol. The van der Waals surface area contributed by atoms with E-state index in [9.17, 15) is 4.79 Å². The van der Waals surface area contributed by atoms with Gasteiger partial charge in [0.25, 0.3) is 5.91 Å². The maximum absolute atomic E-state index is 12.6. The monoisotopic (exact) mass is 438 g/mol. The van der Waals surface area contributed by atoms with Gasteiger partial charge in [-0.25, -0.2) is 9.67 Å². The summed E-state index contributed by atoms with van der Waals surface area (Å²) in [5.74, 6) is 0.608. The molecule has 0 radical (unpaired) electrons. The molecule has 1 amide bonds. The summed E-state index contributed by atoms with van der Waals surface area (Å²) >= 11 is 0. The van der Waals surface area contributed by atoms with Crippen molar-refractivity contribution in [1.29, 1.82) is 0 Å². The first-order chi connectivity index (χ1) is 15.9. The summed E-state index contributed by atoms with van der Waals surface area (Å²) in [6.45, 7) is 6.64. The van der Waals surface area contributed by atoms with Crippen molar-refractivity contribution < 1.29 is 4.79 Å². The van der Waals surface area contributed by atoms with Crippen LogP contribution in [0.25, 0.3) is 27.8 Å². The highest BCUT2D eigenvalue weighted by Crippen LogP contribution is 2.24. The van der Waals surface area contributed by atoms with Crippen molar-refractivity contribution in [3.63, 3.8) is 0 Å². The summed E-state index contributed by atoms with van der Waals surface area (Å²) in [6.07, 6.45) is 7.49. The molecule has 2 aromatic carbocycles. The molecule has 0 saturated heterocycles. The molecule has 0 fully saturated rings. The molecule has 2 N–H and O–H groups in total. The van der Waals surface area contributed by atoms with Crippen LogP contribution in [-0.4, -0.2) is 30.2 Å². The summed E-state index contributed by atoms with van der Waals surface area (Å²) in [5, 5.41) is 7.22. The Morgan fingerprint density at radius 2 is 1.82 bits per heavy atom. The quantitative estimate of drug-likeness (QED) is 0.409. The number of H-pyrrole nitrogens is 1. The van der Waals surface area contributed by atoms with Gasteiger partial charge < -0.3 is 14.9 Å². The van der Waals surface area contributed by atoms with E-state index in [-0.39, 0.29) is 11.4 Å². The zero-order chi connectivity index (χ0) is 23.0. The molecular weight excluding hydrogens is 412 g/mol. The van der Waals surface area contributed by atoms with E-state index in [0.717, 1.165) is 33.7 Å². The van der Waals surface area contributed by atoms with Gasteiger partial charge in [-0.3, -0.25) is 4.79 Å². The number of hydrogen-bond acceptors (Lipinski definition) is 3. The van der Waals surface area contributed by atoms with E-state index in [4.69, 9.17) is 0 Å². The predicted octanol–water partition coefficient (Wildman–Crippen LogP) is 4.90. The number of fused-ring (bicyclic) bond motifs is 1. The van der Waals surface area contributed by atoms with Gasteiger partial charge in [0.05, 0.1) is 28.8 Å². The Hall–Kier alpha value is -4.13.